The van der Waals surface area contributed by atoms with Gasteiger partial charge >= 0.3 is 0 Å². The van der Waals surface area contributed by atoms with Crippen LogP contribution in [0.25, 0.3) is 5.57 Å². The predicted octanol–water partition coefficient (Wildman–Crippen LogP) is 4.90. The van der Waals surface area contributed by atoms with Crippen molar-refractivity contribution in [3.05, 3.63) is 89.2 Å². The molecule has 2 heterocycles. The third-order valence-electron chi connectivity index (χ3n) is 4.45. The van der Waals surface area contributed by atoms with E-state index in [9.17, 15) is 9.59 Å². The molecule has 1 aliphatic heterocycles. The molecule has 0 saturated heterocycles. The number of carbonyl (C=O) groups is 2. The molecule has 0 N–H and O–H groups in total. The Morgan fingerprint density at radius 3 is 2.34 bits per heavy atom. The van der Waals surface area contributed by atoms with Crippen molar-refractivity contribution in [3.63, 3.8) is 0 Å². The van der Waals surface area contributed by atoms with Crippen molar-refractivity contribution in [1.82, 2.24) is 0 Å². The molecule has 0 saturated carbocycles. The molecule has 0 radical (unpaired) electrons. The third-order valence-corrected chi connectivity index (χ3v) is 5.54. The highest BCUT2D eigenvalue weighted by atomic mass is 32.2. The monoisotopic (exact) mass is 405 g/mol. The number of para-hydroxylation sites is 1. The number of hydrogen-bond acceptors (Lipinski definition) is 5. The van der Waals surface area contributed by atoms with Crippen LogP contribution in [-0.4, -0.2) is 18.4 Å². The van der Waals surface area contributed by atoms with E-state index in [2.05, 4.69) is 0 Å². The summed E-state index contributed by atoms with van der Waals surface area (Å²) < 4.78 is 10.9. The molecule has 4 rings (SSSR count). The number of amides is 2. The van der Waals surface area contributed by atoms with Gasteiger partial charge in [0, 0.05) is 0 Å². The van der Waals surface area contributed by atoms with Gasteiger partial charge in [-0.3, -0.25) is 9.59 Å². The zero-order valence-electron chi connectivity index (χ0n) is 15.8. The molecule has 0 atom stereocenters. The molecule has 1 aliphatic rings. The lowest BCUT2D eigenvalue weighted by Gasteiger charge is -2.15. The van der Waals surface area contributed by atoms with Crippen molar-refractivity contribution in [2.45, 2.75) is 12.7 Å². The summed E-state index contributed by atoms with van der Waals surface area (Å²) in [5, 5.41) is 0. The average molecular weight is 405 g/mol. The van der Waals surface area contributed by atoms with Crippen molar-refractivity contribution in [2.24, 2.45) is 0 Å². The van der Waals surface area contributed by atoms with Gasteiger partial charge in [0.05, 0.1) is 34.8 Å². The van der Waals surface area contributed by atoms with Crippen molar-refractivity contribution in [3.8, 4) is 5.75 Å². The lowest BCUT2D eigenvalue weighted by Crippen LogP contribution is -2.31. The molecule has 3 aromatic rings. The first kappa shape index (κ1) is 19.1. The van der Waals surface area contributed by atoms with Gasteiger partial charge < -0.3 is 9.15 Å². The zero-order valence-corrected chi connectivity index (χ0v) is 16.6. The lowest BCUT2D eigenvalue weighted by atomic mass is 10.1. The number of anilines is 1. The fourth-order valence-corrected chi connectivity index (χ4v) is 4.15. The molecule has 0 spiro atoms. The van der Waals surface area contributed by atoms with Crippen LogP contribution in [-0.2, 0) is 15.3 Å². The van der Waals surface area contributed by atoms with Crippen molar-refractivity contribution in [1.29, 1.82) is 0 Å². The Hall–Kier alpha value is -3.25. The van der Waals surface area contributed by atoms with E-state index >= 15 is 0 Å². The highest BCUT2D eigenvalue weighted by Gasteiger charge is 2.40. The first-order valence-electron chi connectivity index (χ1n) is 9.25. The van der Waals surface area contributed by atoms with Crippen LogP contribution < -0.4 is 9.64 Å². The standard InChI is InChI=1S/C23H19NO4S/c1-2-27-18-12-10-16(11-13-18)20-21(29-15-19-9-6-14-28-19)23(26)24(22(20)25)17-7-4-3-5-8-17/h3-14H,2,15H2,1H3. The summed E-state index contributed by atoms with van der Waals surface area (Å²) in [4.78, 5) is 28.1. The van der Waals surface area contributed by atoms with Crippen molar-refractivity contribution in [2.75, 3.05) is 11.5 Å². The first-order chi connectivity index (χ1) is 14.2. The summed E-state index contributed by atoms with van der Waals surface area (Å²) in [5.74, 6) is 1.28. The van der Waals surface area contributed by atoms with E-state index in [4.69, 9.17) is 9.15 Å². The maximum absolute atomic E-state index is 13.3. The number of ether oxygens (including phenoxy) is 1. The molecule has 0 fully saturated rings. The predicted molar refractivity (Wildman–Crippen MR) is 113 cm³/mol. The van der Waals surface area contributed by atoms with E-state index in [-0.39, 0.29) is 11.8 Å². The molecular formula is C23H19NO4S. The van der Waals surface area contributed by atoms with E-state index in [0.29, 0.717) is 34.1 Å². The van der Waals surface area contributed by atoms with Crippen LogP contribution in [0.5, 0.6) is 5.75 Å². The molecule has 29 heavy (non-hydrogen) atoms. The number of furan rings is 1. The Morgan fingerprint density at radius 1 is 0.931 bits per heavy atom. The van der Waals surface area contributed by atoms with Gasteiger partial charge in [0.15, 0.2) is 0 Å². The second-order valence-corrected chi connectivity index (χ2v) is 7.30. The molecule has 0 bridgehead atoms. The van der Waals surface area contributed by atoms with Crippen LogP contribution in [0.2, 0.25) is 0 Å². The molecule has 0 aliphatic carbocycles. The quantitative estimate of drug-likeness (QED) is 0.524. The van der Waals surface area contributed by atoms with Gasteiger partial charge in [0.1, 0.15) is 11.5 Å². The smallest absolute Gasteiger partial charge is 0.272 e. The SMILES string of the molecule is CCOc1ccc(C2=C(SCc3ccco3)C(=O)N(c3ccccc3)C2=O)cc1. The van der Waals surface area contributed by atoms with Gasteiger partial charge in [-0.1, -0.05) is 30.3 Å². The van der Waals surface area contributed by atoms with Crippen LogP contribution in [0.4, 0.5) is 5.69 Å². The molecule has 2 amide bonds. The van der Waals surface area contributed by atoms with Gasteiger partial charge in [-0.05, 0) is 48.9 Å². The Balaban J connectivity index is 1.72. The molecule has 2 aromatic carbocycles. The maximum Gasteiger partial charge on any atom is 0.272 e. The first-order valence-corrected chi connectivity index (χ1v) is 10.2. The third kappa shape index (κ3) is 3.84. The van der Waals surface area contributed by atoms with Crippen molar-refractivity contribution >= 4 is 34.8 Å². The fraction of sp³-hybridized carbons (Fsp3) is 0.130. The number of hydrogen-bond donors (Lipinski definition) is 0. The van der Waals surface area contributed by atoms with Gasteiger partial charge in [0.2, 0.25) is 0 Å². The molecule has 146 valence electrons. The Kier molecular flexibility index (Phi) is 5.53. The molecular weight excluding hydrogens is 386 g/mol. The van der Waals surface area contributed by atoms with E-state index in [0.717, 1.165) is 11.5 Å². The van der Waals surface area contributed by atoms with Gasteiger partial charge in [-0.25, -0.2) is 4.90 Å². The topological polar surface area (TPSA) is 59.8 Å². The highest BCUT2D eigenvalue weighted by Crippen LogP contribution is 2.39. The number of imide groups is 1. The second-order valence-electron chi connectivity index (χ2n) is 6.31. The lowest BCUT2D eigenvalue weighted by molar-refractivity contribution is -0.119. The van der Waals surface area contributed by atoms with E-state index < -0.39 is 0 Å². The average Bonchev–Trinajstić information content (AvgIpc) is 3.34. The molecule has 5 nitrogen and oxygen atoms in total. The zero-order chi connectivity index (χ0) is 20.2. The molecule has 0 unspecified atom stereocenters. The van der Waals surface area contributed by atoms with Crippen LogP contribution in [0.15, 0.2) is 82.3 Å². The van der Waals surface area contributed by atoms with E-state index in [1.165, 1.54) is 16.7 Å². The summed E-state index contributed by atoms with van der Waals surface area (Å²) in [6, 6.07) is 19.9. The highest BCUT2D eigenvalue weighted by molar-refractivity contribution is 8.03. The summed E-state index contributed by atoms with van der Waals surface area (Å²) in [6.07, 6.45) is 1.59. The van der Waals surface area contributed by atoms with Gasteiger partial charge in [0.25, 0.3) is 11.8 Å². The minimum atomic E-state index is -0.327. The fourth-order valence-electron chi connectivity index (χ4n) is 3.13. The van der Waals surface area contributed by atoms with Crippen LogP contribution in [0.3, 0.4) is 0 Å². The van der Waals surface area contributed by atoms with E-state index in [1.54, 1.807) is 36.6 Å². The molecule has 6 heteroatoms. The van der Waals surface area contributed by atoms with Gasteiger partial charge in [-0.15, -0.1) is 11.8 Å². The number of nitrogens with zero attached hydrogens (tertiary/aromatic N) is 1. The maximum atomic E-state index is 13.3. The Morgan fingerprint density at radius 2 is 1.69 bits per heavy atom. The number of thioether (sulfide) groups is 1. The summed E-state index contributed by atoms with van der Waals surface area (Å²) in [7, 11) is 0. The summed E-state index contributed by atoms with van der Waals surface area (Å²) in [6.45, 7) is 2.47. The van der Waals surface area contributed by atoms with Gasteiger partial charge in [-0.2, -0.15) is 0 Å². The number of benzene rings is 2. The normalized spacial score (nSPS) is 14.0. The molecule has 1 aromatic heterocycles. The number of rotatable bonds is 7. The summed E-state index contributed by atoms with van der Waals surface area (Å²) >= 11 is 1.31. The minimum Gasteiger partial charge on any atom is -0.494 e. The summed E-state index contributed by atoms with van der Waals surface area (Å²) in [5.41, 5.74) is 1.64. The second kappa shape index (κ2) is 8.41. The number of carbonyl (C=O) groups excluding carboxylic acids is 2. The van der Waals surface area contributed by atoms with Crippen LogP contribution >= 0.6 is 11.8 Å². The van der Waals surface area contributed by atoms with Crippen LogP contribution in [0, 0.1) is 0 Å². The largest absolute Gasteiger partial charge is 0.494 e. The Labute approximate surface area is 173 Å². The van der Waals surface area contributed by atoms with E-state index in [1.807, 2.05) is 43.3 Å². The Bertz CT molecular complexity index is 1040. The van der Waals surface area contributed by atoms with Crippen LogP contribution in [0.1, 0.15) is 18.2 Å². The van der Waals surface area contributed by atoms with Crippen molar-refractivity contribution < 1.29 is 18.7 Å². The minimum absolute atomic E-state index is 0.318.